The number of halogens is 1. The number of H-pyrrole nitrogens is 1. The molecule has 1 aromatic carbocycles. The highest BCUT2D eigenvalue weighted by molar-refractivity contribution is 5.93. The third-order valence-corrected chi connectivity index (χ3v) is 2.97. The summed E-state index contributed by atoms with van der Waals surface area (Å²) in [5.41, 5.74) is 2.76. The molecule has 0 atom stereocenters. The number of anilines is 1. The van der Waals surface area contributed by atoms with E-state index in [-0.39, 0.29) is 18.1 Å². The molecule has 0 aliphatic heterocycles. The second-order valence-corrected chi connectivity index (χ2v) is 4.50. The third kappa shape index (κ3) is 2.96. The van der Waals surface area contributed by atoms with Crippen LogP contribution in [-0.2, 0) is 11.2 Å². The van der Waals surface area contributed by atoms with Gasteiger partial charge >= 0.3 is 0 Å². The van der Waals surface area contributed by atoms with Gasteiger partial charge in [-0.15, -0.1) is 0 Å². The van der Waals surface area contributed by atoms with Gasteiger partial charge in [-0.25, -0.2) is 4.39 Å². The van der Waals surface area contributed by atoms with Gasteiger partial charge in [0.25, 0.3) is 0 Å². The third-order valence-electron chi connectivity index (χ3n) is 2.97. The first-order valence-corrected chi connectivity index (χ1v) is 6.15. The summed E-state index contributed by atoms with van der Waals surface area (Å²) in [5.74, 6) is -0.536. The molecular weight excluding hydrogens is 261 g/mol. The summed E-state index contributed by atoms with van der Waals surface area (Å²) in [4.78, 5) is 11.9. The Kier molecular flexibility index (Phi) is 4.02. The van der Waals surface area contributed by atoms with Crippen LogP contribution in [0, 0.1) is 19.7 Å². The molecule has 0 saturated heterocycles. The van der Waals surface area contributed by atoms with Crippen molar-refractivity contribution in [3.63, 3.8) is 0 Å². The molecule has 1 aromatic heterocycles. The summed E-state index contributed by atoms with van der Waals surface area (Å²) in [6.07, 6.45) is 0.0883. The molecule has 0 aliphatic rings. The van der Waals surface area contributed by atoms with Gasteiger partial charge in [0.15, 0.2) is 11.6 Å². The number of aromatic nitrogens is 2. The maximum Gasteiger partial charge on any atom is 0.228 e. The maximum absolute atomic E-state index is 13.5. The van der Waals surface area contributed by atoms with Crippen LogP contribution in [0.4, 0.5) is 10.1 Å². The highest BCUT2D eigenvalue weighted by atomic mass is 19.1. The van der Waals surface area contributed by atoms with Gasteiger partial charge < -0.3 is 10.1 Å². The Morgan fingerprint density at radius 1 is 1.45 bits per heavy atom. The number of carbonyl (C=O) groups is 1. The van der Waals surface area contributed by atoms with Crippen LogP contribution in [0.3, 0.4) is 0 Å². The molecule has 1 amide bonds. The van der Waals surface area contributed by atoms with Crippen LogP contribution in [0.5, 0.6) is 5.75 Å². The first-order valence-electron chi connectivity index (χ1n) is 6.15. The number of aromatic amines is 1. The smallest absolute Gasteiger partial charge is 0.228 e. The van der Waals surface area contributed by atoms with Gasteiger partial charge in [0.05, 0.1) is 30.6 Å². The topological polar surface area (TPSA) is 67.0 Å². The molecule has 0 fully saturated rings. The number of nitrogens with zero attached hydrogens (tertiary/aromatic N) is 1. The number of amides is 1. The molecule has 106 valence electrons. The van der Waals surface area contributed by atoms with Gasteiger partial charge in [-0.2, -0.15) is 5.10 Å². The second kappa shape index (κ2) is 5.73. The maximum atomic E-state index is 13.5. The number of benzene rings is 1. The number of rotatable bonds is 4. The summed E-state index contributed by atoms with van der Waals surface area (Å²) in [7, 11) is 1.40. The quantitative estimate of drug-likeness (QED) is 0.901. The van der Waals surface area contributed by atoms with E-state index in [2.05, 4.69) is 15.5 Å². The van der Waals surface area contributed by atoms with Crippen molar-refractivity contribution in [2.75, 3.05) is 12.4 Å². The van der Waals surface area contributed by atoms with E-state index in [1.165, 1.54) is 19.2 Å². The van der Waals surface area contributed by atoms with Crippen molar-refractivity contribution < 1.29 is 13.9 Å². The normalized spacial score (nSPS) is 10.4. The van der Waals surface area contributed by atoms with Crippen molar-refractivity contribution in [3.8, 4) is 5.75 Å². The van der Waals surface area contributed by atoms with E-state index < -0.39 is 5.82 Å². The molecule has 0 aliphatic carbocycles. The standard InChI is InChI=1S/C14H16FN3O2/c1-8-14(9(2)18-17-8)16-13(19)7-10-4-5-12(20-3)11(15)6-10/h4-6H,7H2,1-3H3,(H,16,19)(H,17,18). The lowest BCUT2D eigenvalue weighted by Gasteiger charge is -2.07. The fourth-order valence-electron chi connectivity index (χ4n) is 1.92. The monoisotopic (exact) mass is 277 g/mol. The van der Waals surface area contributed by atoms with Crippen LogP contribution in [0.15, 0.2) is 18.2 Å². The van der Waals surface area contributed by atoms with E-state index in [1.54, 1.807) is 13.0 Å². The predicted molar refractivity (Wildman–Crippen MR) is 73.3 cm³/mol. The van der Waals surface area contributed by atoms with Crippen LogP contribution in [-0.4, -0.2) is 23.2 Å². The molecule has 0 radical (unpaired) electrons. The molecule has 1 heterocycles. The molecule has 2 N–H and O–H groups in total. The van der Waals surface area contributed by atoms with E-state index in [1.807, 2.05) is 6.92 Å². The minimum absolute atomic E-state index is 0.0883. The van der Waals surface area contributed by atoms with Crippen LogP contribution in [0.1, 0.15) is 17.0 Å². The molecule has 6 heteroatoms. The van der Waals surface area contributed by atoms with Crippen molar-refractivity contribution >= 4 is 11.6 Å². The number of ether oxygens (including phenoxy) is 1. The average Bonchev–Trinajstić information content (AvgIpc) is 2.71. The van der Waals surface area contributed by atoms with Crippen molar-refractivity contribution in [2.24, 2.45) is 0 Å². The first kappa shape index (κ1) is 14.0. The Hall–Kier alpha value is -2.37. The SMILES string of the molecule is COc1ccc(CC(=O)Nc2c(C)n[nH]c2C)cc1F. The number of aryl methyl sites for hydroxylation is 2. The molecule has 0 bridgehead atoms. The number of carbonyl (C=O) groups excluding carboxylic acids is 1. The molecule has 0 spiro atoms. The van der Waals surface area contributed by atoms with Crippen LogP contribution in [0.2, 0.25) is 0 Å². The minimum atomic E-state index is -0.478. The zero-order valence-electron chi connectivity index (χ0n) is 11.6. The van der Waals surface area contributed by atoms with Gasteiger partial charge in [-0.05, 0) is 31.5 Å². The Morgan fingerprint density at radius 3 is 2.75 bits per heavy atom. The molecular formula is C14H16FN3O2. The molecule has 5 nitrogen and oxygen atoms in total. The number of hydrogen-bond acceptors (Lipinski definition) is 3. The van der Waals surface area contributed by atoms with Crippen molar-refractivity contribution in [3.05, 3.63) is 41.0 Å². The molecule has 20 heavy (non-hydrogen) atoms. The predicted octanol–water partition coefficient (Wildman–Crippen LogP) is 2.36. The van der Waals surface area contributed by atoms with Crippen LogP contribution < -0.4 is 10.1 Å². The minimum Gasteiger partial charge on any atom is -0.494 e. The Labute approximate surface area is 116 Å². The van der Waals surface area contributed by atoms with Crippen LogP contribution in [0.25, 0.3) is 0 Å². The average molecular weight is 277 g/mol. The Morgan fingerprint density at radius 2 is 2.20 bits per heavy atom. The summed E-state index contributed by atoms with van der Waals surface area (Å²) in [6.45, 7) is 3.62. The largest absolute Gasteiger partial charge is 0.494 e. The summed E-state index contributed by atoms with van der Waals surface area (Å²) in [5, 5.41) is 9.55. The first-order chi connectivity index (χ1) is 9.51. The summed E-state index contributed by atoms with van der Waals surface area (Å²) in [6, 6.07) is 4.47. The zero-order valence-corrected chi connectivity index (χ0v) is 11.6. The lowest BCUT2D eigenvalue weighted by molar-refractivity contribution is -0.115. The number of nitrogens with one attached hydrogen (secondary N) is 2. The van der Waals surface area contributed by atoms with E-state index in [0.29, 0.717) is 11.3 Å². The van der Waals surface area contributed by atoms with Gasteiger partial charge in [0, 0.05) is 0 Å². The van der Waals surface area contributed by atoms with Crippen molar-refractivity contribution in [1.29, 1.82) is 0 Å². The molecule has 2 rings (SSSR count). The van der Waals surface area contributed by atoms with Gasteiger partial charge in [-0.3, -0.25) is 9.89 Å². The van der Waals surface area contributed by atoms with Gasteiger partial charge in [-0.1, -0.05) is 6.07 Å². The fourth-order valence-corrected chi connectivity index (χ4v) is 1.92. The van der Waals surface area contributed by atoms with E-state index >= 15 is 0 Å². The number of methoxy groups -OCH3 is 1. The fraction of sp³-hybridized carbons (Fsp3) is 0.286. The molecule has 0 saturated carbocycles. The van der Waals surface area contributed by atoms with E-state index in [4.69, 9.17) is 4.74 Å². The number of hydrogen-bond donors (Lipinski definition) is 2. The Bertz CT molecular complexity index is 618. The van der Waals surface area contributed by atoms with Gasteiger partial charge in [0.1, 0.15) is 0 Å². The lowest BCUT2D eigenvalue weighted by atomic mass is 10.1. The second-order valence-electron chi connectivity index (χ2n) is 4.50. The highest BCUT2D eigenvalue weighted by Gasteiger charge is 2.12. The summed E-state index contributed by atoms with van der Waals surface area (Å²) >= 11 is 0. The van der Waals surface area contributed by atoms with Crippen molar-refractivity contribution in [1.82, 2.24) is 10.2 Å². The Balaban J connectivity index is 2.07. The highest BCUT2D eigenvalue weighted by Crippen LogP contribution is 2.19. The summed E-state index contributed by atoms with van der Waals surface area (Å²) < 4.78 is 18.4. The van der Waals surface area contributed by atoms with Crippen LogP contribution >= 0.6 is 0 Å². The van der Waals surface area contributed by atoms with Crippen molar-refractivity contribution in [2.45, 2.75) is 20.3 Å². The lowest BCUT2D eigenvalue weighted by Crippen LogP contribution is -2.15. The van der Waals surface area contributed by atoms with E-state index in [0.717, 1.165) is 11.4 Å². The molecule has 0 unspecified atom stereocenters. The molecule has 2 aromatic rings. The van der Waals surface area contributed by atoms with E-state index in [9.17, 15) is 9.18 Å². The zero-order chi connectivity index (χ0) is 14.7. The van der Waals surface area contributed by atoms with Gasteiger partial charge in [0.2, 0.25) is 5.91 Å².